The van der Waals surface area contributed by atoms with E-state index in [1.54, 1.807) is 0 Å². The Bertz CT molecular complexity index is 267. The van der Waals surface area contributed by atoms with Crippen LogP contribution in [-0.2, 0) is 9.47 Å². The van der Waals surface area contributed by atoms with Crippen LogP contribution in [0.2, 0.25) is 0 Å². The van der Waals surface area contributed by atoms with Crippen LogP contribution in [0.1, 0.15) is 46.0 Å². The van der Waals surface area contributed by atoms with E-state index in [2.05, 4.69) is 31.1 Å². The summed E-state index contributed by atoms with van der Waals surface area (Å²) in [6, 6.07) is 0.545. The Hall–Kier alpha value is -0.160. The number of likely N-dealkylation sites (N-methyl/N-ethyl adjacent to an activating group) is 1. The minimum Gasteiger partial charge on any atom is -0.377 e. The molecule has 2 rings (SSSR count). The van der Waals surface area contributed by atoms with Crippen LogP contribution in [0, 0.1) is 0 Å². The zero-order valence-corrected chi connectivity index (χ0v) is 13.4. The van der Waals surface area contributed by atoms with E-state index >= 15 is 0 Å². The van der Waals surface area contributed by atoms with Crippen LogP contribution < -0.4 is 5.32 Å². The summed E-state index contributed by atoms with van der Waals surface area (Å²) in [6.07, 6.45) is 7.41. The van der Waals surface area contributed by atoms with Crippen LogP contribution in [0.5, 0.6) is 0 Å². The van der Waals surface area contributed by atoms with Gasteiger partial charge in [0.05, 0.1) is 18.3 Å². The minimum absolute atomic E-state index is 0.404. The van der Waals surface area contributed by atoms with Crippen molar-refractivity contribution < 1.29 is 9.47 Å². The monoisotopic (exact) mass is 284 g/mol. The third kappa shape index (κ3) is 5.68. The van der Waals surface area contributed by atoms with Gasteiger partial charge in [-0.1, -0.05) is 13.8 Å². The molecule has 2 saturated heterocycles. The molecule has 2 heterocycles. The summed E-state index contributed by atoms with van der Waals surface area (Å²) in [4.78, 5) is 2.39. The lowest BCUT2D eigenvalue weighted by atomic mass is 10.1. The molecule has 2 fully saturated rings. The van der Waals surface area contributed by atoms with Gasteiger partial charge in [0.15, 0.2) is 0 Å². The summed E-state index contributed by atoms with van der Waals surface area (Å²) in [7, 11) is 2.20. The number of rotatable bonds is 7. The number of ether oxygens (including phenoxy) is 2. The molecule has 0 aromatic carbocycles. The van der Waals surface area contributed by atoms with E-state index in [4.69, 9.17) is 9.47 Å². The van der Waals surface area contributed by atoms with Crippen molar-refractivity contribution in [1.29, 1.82) is 0 Å². The molecule has 4 nitrogen and oxygen atoms in total. The molecule has 1 N–H and O–H groups in total. The lowest BCUT2D eigenvalue weighted by molar-refractivity contribution is -0.0169. The minimum atomic E-state index is 0.404. The molecule has 0 radical (unpaired) electrons. The molecule has 0 bridgehead atoms. The van der Waals surface area contributed by atoms with Gasteiger partial charge in [0.1, 0.15) is 0 Å². The van der Waals surface area contributed by atoms with E-state index < -0.39 is 0 Å². The van der Waals surface area contributed by atoms with Gasteiger partial charge < -0.3 is 19.7 Å². The quantitative estimate of drug-likeness (QED) is 0.775. The molecule has 0 spiro atoms. The maximum Gasteiger partial charge on any atom is 0.0707 e. The molecule has 0 aromatic rings. The largest absolute Gasteiger partial charge is 0.377 e. The molecule has 20 heavy (non-hydrogen) atoms. The molecule has 4 heteroatoms. The number of nitrogens with zero attached hydrogens (tertiary/aromatic N) is 1. The van der Waals surface area contributed by atoms with Gasteiger partial charge in [-0.2, -0.15) is 0 Å². The van der Waals surface area contributed by atoms with Crippen molar-refractivity contribution in [2.24, 2.45) is 0 Å². The number of nitrogens with one attached hydrogen (secondary N) is 1. The second-order valence-corrected chi connectivity index (χ2v) is 6.73. The first-order valence-electron chi connectivity index (χ1n) is 8.32. The normalized spacial score (nSPS) is 31.4. The fourth-order valence-corrected chi connectivity index (χ4v) is 3.15. The second-order valence-electron chi connectivity index (χ2n) is 6.73. The summed E-state index contributed by atoms with van der Waals surface area (Å²) in [6.45, 7) is 8.40. The van der Waals surface area contributed by atoms with Crippen molar-refractivity contribution in [1.82, 2.24) is 10.2 Å². The van der Waals surface area contributed by atoms with Gasteiger partial charge in [-0.05, 0) is 39.2 Å². The third-order valence-electron chi connectivity index (χ3n) is 4.25. The summed E-state index contributed by atoms with van der Waals surface area (Å²) in [5.41, 5.74) is 0. The Kier molecular flexibility index (Phi) is 6.75. The van der Waals surface area contributed by atoms with E-state index in [1.165, 1.54) is 32.1 Å². The van der Waals surface area contributed by atoms with Gasteiger partial charge in [0.2, 0.25) is 0 Å². The van der Waals surface area contributed by atoms with E-state index in [-0.39, 0.29) is 0 Å². The highest BCUT2D eigenvalue weighted by atomic mass is 16.5. The van der Waals surface area contributed by atoms with Gasteiger partial charge in [0, 0.05) is 32.3 Å². The molecule has 0 amide bonds. The number of hydrogen-bond donors (Lipinski definition) is 1. The van der Waals surface area contributed by atoms with Gasteiger partial charge >= 0.3 is 0 Å². The van der Waals surface area contributed by atoms with Crippen molar-refractivity contribution in [2.75, 3.05) is 33.3 Å². The topological polar surface area (TPSA) is 33.7 Å². The van der Waals surface area contributed by atoms with Gasteiger partial charge in [-0.15, -0.1) is 0 Å². The maximum absolute atomic E-state index is 6.13. The average Bonchev–Trinajstić information content (AvgIpc) is 2.85. The molecule has 0 aromatic heterocycles. The van der Waals surface area contributed by atoms with Gasteiger partial charge in [-0.3, -0.25) is 0 Å². The first-order chi connectivity index (χ1) is 9.63. The van der Waals surface area contributed by atoms with Crippen molar-refractivity contribution in [2.45, 2.75) is 70.3 Å². The molecule has 0 aliphatic carbocycles. The summed E-state index contributed by atoms with van der Waals surface area (Å²) in [5, 5.41) is 3.47. The molecule has 3 unspecified atom stereocenters. The SMILES string of the molecule is CC(C)NCC1CCC(CN(C)CC2CCCCO2)O1. The predicted molar refractivity (Wildman–Crippen MR) is 82.1 cm³/mol. The van der Waals surface area contributed by atoms with Crippen LogP contribution in [-0.4, -0.2) is 62.5 Å². The van der Waals surface area contributed by atoms with E-state index in [0.29, 0.717) is 24.4 Å². The highest BCUT2D eigenvalue weighted by molar-refractivity contribution is 4.79. The maximum atomic E-state index is 6.13. The highest BCUT2D eigenvalue weighted by Crippen LogP contribution is 2.21. The second kappa shape index (κ2) is 8.32. The fraction of sp³-hybridized carbons (Fsp3) is 1.00. The lowest BCUT2D eigenvalue weighted by Crippen LogP contribution is -2.38. The van der Waals surface area contributed by atoms with Crippen molar-refractivity contribution >= 4 is 0 Å². The third-order valence-corrected chi connectivity index (χ3v) is 4.25. The predicted octanol–water partition coefficient (Wildman–Crippen LogP) is 2.03. The summed E-state index contributed by atoms with van der Waals surface area (Å²) >= 11 is 0. The summed E-state index contributed by atoms with van der Waals surface area (Å²) in [5.74, 6) is 0. The van der Waals surface area contributed by atoms with Crippen molar-refractivity contribution in [3.63, 3.8) is 0 Å². The van der Waals surface area contributed by atoms with Crippen LogP contribution in [0.3, 0.4) is 0 Å². The Morgan fingerprint density at radius 2 is 1.80 bits per heavy atom. The Morgan fingerprint density at radius 3 is 2.50 bits per heavy atom. The van der Waals surface area contributed by atoms with E-state index in [0.717, 1.165) is 26.2 Å². The first-order valence-corrected chi connectivity index (χ1v) is 8.32. The van der Waals surface area contributed by atoms with Crippen LogP contribution in [0.25, 0.3) is 0 Å². The highest BCUT2D eigenvalue weighted by Gasteiger charge is 2.26. The molecule has 0 saturated carbocycles. The Morgan fingerprint density at radius 1 is 1.05 bits per heavy atom. The molecule has 3 atom stereocenters. The van der Waals surface area contributed by atoms with Crippen LogP contribution in [0.4, 0.5) is 0 Å². The Balaban J connectivity index is 1.61. The van der Waals surface area contributed by atoms with E-state index in [9.17, 15) is 0 Å². The van der Waals surface area contributed by atoms with Gasteiger partial charge in [0.25, 0.3) is 0 Å². The lowest BCUT2D eigenvalue weighted by Gasteiger charge is -2.28. The standard InChI is InChI=1S/C16H32N2O2/c1-13(2)17-10-14-7-8-16(20-14)12-18(3)11-15-6-4-5-9-19-15/h13-17H,4-12H2,1-3H3. The van der Waals surface area contributed by atoms with E-state index in [1.807, 2.05) is 0 Å². The first kappa shape index (κ1) is 16.2. The molecular formula is C16H32N2O2. The molecule has 2 aliphatic heterocycles. The zero-order chi connectivity index (χ0) is 14.4. The molecular weight excluding hydrogens is 252 g/mol. The average molecular weight is 284 g/mol. The molecule has 118 valence electrons. The van der Waals surface area contributed by atoms with Gasteiger partial charge in [-0.25, -0.2) is 0 Å². The number of hydrogen-bond acceptors (Lipinski definition) is 4. The smallest absolute Gasteiger partial charge is 0.0707 e. The van der Waals surface area contributed by atoms with Crippen molar-refractivity contribution in [3.05, 3.63) is 0 Å². The van der Waals surface area contributed by atoms with Crippen LogP contribution >= 0.6 is 0 Å². The Labute approximate surface area is 124 Å². The summed E-state index contributed by atoms with van der Waals surface area (Å²) < 4.78 is 11.9. The van der Waals surface area contributed by atoms with Crippen LogP contribution in [0.15, 0.2) is 0 Å². The molecule has 2 aliphatic rings. The fourth-order valence-electron chi connectivity index (χ4n) is 3.15. The van der Waals surface area contributed by atoms with Crippen molar-refractivity contribution in [3.8, 4) is 0 Å². The zero-order valence-electron chi connectivity index (χ0n) is 13.4.